The van der Waals surface area contributed by atoms with E-state index in [0.29, 0.717) is 17.6 Å². The Morgan fingerprint density at radius 3 is 1.76 bits per heavy atom. The van der Waals surface area contributed by atoms with Crippen LogP contribution in [0.1, 0.15) is 0 Å². The van der Waals surface area contributed by atoms with E-state index < -0.39 is 0 Å². The standard InChI is InChI=1S/C33H20N4S/c1-3-11-21(12-4-1)31-34-32(22-13-5-2-6-14-22)36-33(35-31)37-27-17-9-7-15-23(27)25-20-30-26(19-28(25)37)24-16-8-10-18-29(24)38-30/h1-20H. The molecule has 3 aromatic heterocycles. The van der Waals surface area contributed by atoms with Crippen LogP contribution in [0.3, 0.4) is 0 Å². The molecule has 3 heterocycles. The van der Waals surface area contributed by atoms with Gasteiger partial charge in [0.15, 0.2) is 11.6 Å². The van der Waals surface area contributed by atoms with Crippen LogP contribution in [-0.2, 0) is 0 Å². The molecule has 0 aliphatic heterocycles. The number of para-hydroxylation sites is 1. The molecule has 8 aromatic rings. The van der Waals surface area contributed by atoms with Crippen LogP contribution >= 0.6 is 11.3 Å². The van der Waals surface area contributed by atoms with E-state index in [4.69, 9.17) is 15.0 Å². The summed E-state index contributed by atoms with van der Waals surface area (Å²) in [5.74, 6) is 1.92. The molecule has 38 heavy (non-hydrogen) atoms. The van der Waals surface area contributed by atoms with Crippen LogP contribution in [0, 0.1) is 0 Å². The molecule has 0 aliphatic rings. The molecule has 0 radical (unpaired) electrons. The van der Waals surface area contributed by atoms with E-state index in [-0.39, 0.29) is 0 Å². The zero-order chi connectivity index (χ0) is 25.1. The fourth-order valence-corrected chi connectivity index (χ4v) is 6.43. The van der Waals surface area contributed by atoms with E-state index in [2.05, 4.69) is 65.2 Å². The van der Waals surface area contributed by atoms with Crippen LogP contribution in [-0.4, -0.2) is 19.5 Å². The van der Waals surface area contributed by atoms with Crippen LogP contribution in [0.4, 0.5) is 0 Å². The van der Waals surface area contributed by atoms with Crippen molar-refractivity contribution in [3.8, 4) is 28.7 Å². The molecule has 0 unspecified atom stereocenters. The number of hydrogen-bond donors (Lipinski definition) is 0. The molecular formula is C33H20N4S. The summed E-state index contributed by atoms with van der Waals surface area (Å²) in [6, 6.07) is 42.0. The van der Waals surface area contributed by atoms with Crippen molar-refractivity contribution in [1.29, 1.82) is 0 Å². The first kappa shape index (κ1) is 21.2. The number of rotatable bonds is 3. The first-order chi connectivity index (χ1) is 18.8. The highest BCUT2D eigenvalue weighted by Gasteiger charge is 2.19. The predicted molar refractivity (Wildman–Crippen MR) is 158 cm³/mol. The largest absolute Gasteiger partial charge is 0.278 e. The molecule has 5 heteroatoms. The first-order valence-electron chi connectivity index (χ1n) is 12.6. The van der Waals surface area contributed by atoms with Crippen molar-refractivity contribution in [1.82, 2.24) is 19.5 Å². The van der Waals surface area contributed by atoms with Crippen molar-refractivity contribution < 1.29 is 0 Å². The molecule has 5 aromatic carbocycles. The van der Waals surface area contributed by atoms with Crippen molar-refractivity contribution in [2.45, 2.75) is 0 Å². The quantitative estimate of drug-likeness (QED) is 0.242. The summed E-state index contributed by atoms with van der Waals surface area (Å²) in [6.07, 6.45) is 0. The Labute approximate surface area is 222 Å². The minimum absolute atomic E-state index is 0.614. The van der Waals surface area contributed by atoms with Gasteiger partial charge in [-0.25, -0.2) is 4.98 Å². The molecule has 0 spiro atoms. The van der Waals surface area contributed by atoms with Crippen molar-refractivity contribution in [3.05, 3.63) is 121 Å². The molecule has 4 nitrogen and oxygen atoms in total. The van der Waals surface area contributed by atoms with E-state index in [0.717, 1.165) is 22.2 Å². The highest BCUT2D eigenvalue weighted by molar-refractivity contribution is 7.25. The minimum atomic E-state index is 0.614. The molecule has 0 saturated heterocycles. The number of benzene rings is 5. The van der Waals surface area contributed by atoms with E-state index in [1.54, 1.807) is 0 Å². The van der Waals surface area contributed by atoms with Gasteiger partial charge in [-0.15, -0.1) is 11.3 Å². The maximum Gasteiger partial charge on any atom is 0.238 e. The van der Waals surface area contributed by atoms with E-state index in [9.17, 15) is 0 Å². The third-order valence-corrected chi connectivity index (χ3v) is 8.19. The van der Waals surface area contributed by atoms with Gasteiger partial charge in [-0.05, 0) is 24.3 Å². The molecule has 0 amide bonds. The summed E-state index contributed by atoms with van der Waals surface area (Å²) >= 11 is 1.84. The lowest BCUT2D eigenvalue weighted by atomic mass is 10.1. The SMILES string of the molecule is c1ccc(-c2nc(-c3ccccc3)nc(-n3c4ccccc4c4cc5sc6ccccc6c5cc43)n2)cc1. The van der Waals surface area contributed by atoms with Gasteiger partial charge in [0.05, 0.1) is 11.0 Å². The Kier molecular flexibility index (Phi) is 4.66. The highest BCUT2D eigenvalue weighted by atomic mass is 32.1. The van der Waals surface area contributed by atoms with Gasteiger partial charge in [-0.2, -0.15) is 9.97 Å². The predicted octanol–water partition coefficient (Wildman–Crippen LogP) is 8.67. The number of aromatic nitrogens is 4. The summed E-state index contributed by atoms with van der Waals surface area (Å²) in [5, 5.41) is 4.91. The summed E-state index contributed by atoms with van der Waals surface area (Å²) < 4.78 is 4.77. The molecular weight excluding hydrogens is 484 g/mol. The maximum atomic E-state index is 5.05. The smallest absolute Gasteiger partial charge is 0.238 e. The van der Waals surface area contributed by atoms with Gasteiger partial charge in [-0.1, -0.05) is 97.1 Å². The normalized spacial score (nSPS) is 11.7. The lowest BCUT2D eigenvalue weighted by Gasteiger charge is -2.11. The van der Waals surface area contributed by atoms with Gasteiger partial charge >= 0.3 is 0 Å². The fourth-order valence-electron chi connectivity index (χ4n) is 5.30. The van der Waals surface area contributed by atoms with E-state index in [1.807, 2.05) is 72.0 Å². The Bertz CT molecular complexity index is 2070. The van der Waals surface area contributed by atoms with Gasteiger partial charge in [0.25, 0.3) is 0 Å². The van der Waals surface area contributed by atoms with Crippen molar-refractivity contribution >= 4 is 53.3 Å². The second kappa shape index (κ2) is 8.33. The van der Waals surface area contributed by atoms with Crippen LogP contribution in [0.5, 0.6) is 0 Å². The molecule has 0 aliphatic carbocycles. The van der Waals surface area contributed by atoms with E-state index >= 15 is 0 Å². The lowest BCUT2D eigenvalue weighted by molar-refractivity contribution is 0.954. The Balaban J connectivity index is 1.49. The molecule has 0 atom stereocenters. The van der Waals surface area contributed by atoms with Crippen molar-refractivity contribution in [3.63, 3.8) is 0 Å². The Hall–Kier alpha value is -4.87. The molecule has 178 valence electrons. The van der Waals surface area contributed by atoms with Crippen LogP contribution in [0.2, 0.25) is 0 Å². The van der Waals surface area contributed by atoms with E-state index in [1.165, 1.54) is 30.9 Å². The Morgan fingerprint density at radius 1 is 0.447 bits per heavy atom. The summed E-state index contributed by atoms with van der Waals surface area (Å²) in [7, 11) is 0. The molecule has 0 fully saturated rings. The third kappa shape index (κ3) is 3.26. The zero-order valence-corrected chi connectivity index (χ0v) is 21.1. The van der Waals surface area contributed by atoms with Gasteiger partial charge in [0, 0.05) is 42.1 Å². The summed E-state index contributed by atoms with van der Waals surface area (Å²) in [5.41, 5.74) is 4.08. The molecule has 8 rings (SSSR count). The molecule has 0 bridgehead atoms. The third-order valence-electron chi connectivity index (χ3n) is 7.06. The second-order valence-corrected chi connectivity index (χ2v) is 10.4. The molecule has 0 saturated carbocycles. The second-order valence-electron chi connectivity index (χ2n) is 9.33. The summed E-state index contributed by atoms with van der Waals surface area (Å²) in [4.78, 5) is 15.0. The van der Waals surface area contributed by atoms with Gasteiger partial charge < -0.3 is 0 Å². The maximum absolute atomic E-state index is 5.05. The van der Waals surface area contributed by atoms with Gasteiger partial charge in [0.2, 0.25) is 5.95 Å². The van der Waals surface area contributed by atoms with Crippen molar-refractivity contribution in [2.24, 2.45) is 0 Å². The van der Waals surface area contributed by atoms with Crippen molar-refractivity contribution in [2.75, 3.05) is 0 Å². The number of hydrogen-bond acceptors (Lipinski definition) is 4. The monoisotopic (exact) mass is 504 g/mol. The average molecular weight is 505 g/mol. The summed E-state index contributed by atoms with van der Waals surface area (Å²) in [6.45, 7) is 0. The number of nitrogens with zero attached hydrogens (tertiary/aromatic N) is 4. The first-order valence-corrected chi connectivity index (χ1v) is 13.4. The minimum Gasteiger partial charge on any atom is -0.278 e. The molecule has 0 N–H and O–H groups in total. The highest BCUT2D eigenvalue weighted by Crippen LogP contribution is 2.40. The zero-order valence-electron chi connectivity index (χ0n) is 20.2. The van der Waals surface area contributed by atoms with Crippen LogP contribution in [0.25, 0.3) is 70.7 Å². The lowest BCUT2D eigenvalue weighted by Crippen LogP contribution is -2.06. The average Bonchev–Trinajstić information content (AvgIpc) is 3.51. The van der Waals surface area contributed by atoms with Crippen LogP contribution < -0.4 is 0 Å². The Morgan fingerprint density at radius 2 is 1.05 bits per heavy atom. The van der Waals surface area contributed by atoms with Gasteiger partial charge in [0.1, 0.15) is 0 Å². The fraction of sp³-hybridized carbons (Fsp3) is 0. The van der Waals surface area contributed by atoms with Crippen LogP contribution in [0.15, 0.2) is 121 Å². The number of thiophene rings is 1. The number of fused-ring (bicyclic) bond motifs is 6. The topological polar surface area (TPSA) is 43.6 Å². The van der Waals surface area contributed by atoms with Gasteiger partial charge in [-0.3, -0.25) is 4.57 Å².